The van der Waals surface area contributed by atoms with Crippen LogP contribution in [-0.4, -0.2) is 25.2 Å². The number of aliphatic hydroxyl groups is 1. The second-order valence-corrected chi connectivity index (χ2v) is 5.20. The van der Waals surface area contributed by atoms with Crippen molar-refractivity contribution in [3.05, 3.63) is 47.7 Å². The Bertz CT molecular complexity index is 532. The zero-order valence-electron chi connectivity index (χ0n) is 12.7. The van der Waals surface area contributed by atoms with Crippen LogP contribution in [0.3, 0.4) is 0 Å². The van der Waals surface area contributed by atoms with E-state index in [-0.39, 0.29) is 0 Å². The molecule has 0 amide bonds. The van der Waals surface area contributed by atoms with Crippen LogP contribution in [0.5, 0.6) is 0 Å². The lowest BCUT2D eigenvalue weighted by Crippen LogP contribution is -2.19. The molecule has 0 spiro atoms. The summed E-state index contributed by atoms with van der Waals surface area (Å²) in [6.45, 7) is 4.50. The van der Waals surface area contributed by atoms with Gasteiger partial charge in [-0.3, -0.25) is 0 Å². The van der Waals surface area contributed by atoms with Crippen LogP contribution in [-0.2, 0) is 6.54 Å². The van der Waals surface area contributed by atoms with Gasteiger partial charge in [-0.2, -0.15) is 0 Å². The molecule has 0 aliphatic heterocycles. The van der Waals surface area contributed by atoms with Gasteiger partial charge in [0, 0.05) is 5.56 Å². The Balaban J connectivity index is 1.90. The second kappa shape index (κ2) is 7.98. The van der Waals surface area contributed by atoms with E-state index in [4.69, 9.17) is 4.42 Å². The van der Waals surface area contributed by atoms with Crippen molar-refractivity contribution in [1.29, 1.82) is 0 Å². The molecule has 2 rings (SSSR count). The summed E-state index contributed by atoms with van der Waals surface area (Å²) in [6, 6.07) is 11.8. The molecule has 2 aromatic rings. The third-order valence-corrected chi connectivity index (χ3v) is 3.42. The van der Waals surface area contributed by atoms with Crippen LogP contribution in [0.4, 0.5) is 0 Å². The minimum absolute atomic E-state index is 0.437. The summed E-state index contributed by atoms with van der Waals surface area (Å²) in [6.07, 6.45) is 0.665. The number of hydrogen-bond acceptors (Lipinski definition) is 4. The summed E-state index contributed by atoms with van der Waals surface area (Å²) in [4.78, 5) is 0. The predicted molar refractivity (Wildman–Crippen MR) is 85.0 cm³/mol. The highest BCUT2D eigenvalue weighted by Gasteiger charge is 2.06. The molecule has 1 aromatic carbocycles. The van der Waals surface area contributed by atoms with Crippen molar-refractivity contribution in [3.8, 4) is 11.3 Å². The molecule has 0 fully saturated rings. The Morgan fingerprint density at radius 3 is 2.52 bits per heavy atom. The fourth-order valence-corrected chi connectivity index (χ4v) is 2.16. The Labute approximate surface area is 126 Å². The van der Waals surface area contributed by atoms with Crippen molar-refractivity contribution < 1.29 is 9.52 Å². The van der Waals surface area contributed by atoms with Gasteiger partial charge in [-0.25, -0.2) is 0 Å². The minimum Gasteiger partial charge on any atom is -0.460 e. The third kappa shape index (κ3) is 4.70. The summed E-state index contributed by atoms with van der Waals surface area (Å²) < 4.78 is 5.84. The summed E-state index contributed by atoms with van der Waals surface area (Å²) in [5.74, 6) is 1.80. The summed E-state index contributed by atoms with van der Waals surface area (Å²) in [5.41, 5.74) is 1.94. The highest BCUT2D eigenvalue weighted by Crippen LogP contribution is 2.24. The van der Waals surface area contributed by atoms with E-state index in [0.717, 1.165) is 48.7 Å². The van der Waals surface area contributed by atoms with Gasteiger partial charge in [-0.15, -0.1) is 0 Å². The molecule has 0 aliphatic carbocycles. The highest BCUT2D eigenvalue weighted by atomic mass is 16.3. The van der Waals surface area contributed by atoms with Crippen molar-refractivity contribution in [2.75, 3.05) is 20.1 Å². The van der Waals surface area contributed by atoms with E-state index < -0.39 is 6.10 Å². The Kier molecular flexibility index (Phi) is 5.99. The van der Waals surface area contributed by atoms with Gasteiger partial charge >= 0.3 is 0 Å². The maximum Gasteiger partial charge on any atom is 0.134 e. The molecule has 114 valence electrons. The molecule has 0 unspecified atom stereocenters. The highest BCUT2D eigenvalue weighted by molar-refractivity contribution is 5.58. The van der Waals surface area contributed by atoms with Crippen LogP contribution < -0.4 is 10.6 Å². The first-order valence-corrected chi connectivity index (χ1v) is 7.43. The Morgan fingerprint density at radius 1 is 1.10 bits per heavy atom. The number of furan rings is 1. The molecular formula is C17H24N2O2. The van der Waals surface area contributed by atoms with Gasteiger partial charge in [0.05, 0.1) is 12.6 Å². The van der Waals surface area contributed by atoms with Crippen molar-refractivity contribution in [1.82, 2.24) is 10.6 Å². The Hall–Kier alpha value is -1.62. The first kappa shape index (κ1) is 15.8. The van der Waals surface area contributed by atoms with Gasteiger partial charge in [0.25, 0.3) is 0 Å². The van der Waals surface area contributed by atoms with Crippen LogP contribution in [0.25, 0.3) is 11.3 Å². The van der Waals surface area contributed by atoms with Gasteiger partial charge in [-0.05, 0) is 51.2 Å². The standard InChI is InChI=1S/C17H24N2O2/c1-13(20)14-4-6-15(7-5-14)17-9-8-16(21-17)12-19-11-3-10-18-2/h4-9,13,18-20H,3,10-12H2,1-2H3/t13-/m1/s1. The van der Waals surface area contributed by atoms with E-state index in [1.54, 1.807) is 6.92 Å². The number of benzene rings is 1. The molecule has 4 nitrogen and oxygen atoms in total. The fraction of sp³-hybridized carbons (Fsp3) is 0.412. The second-order valence-electron chi connectivity index (χ2n) is 5.20. The summed E-state index contributed by atoms with van der Waals surface area (Å²) in [7, 11) is 1.96. The smallest absolute Gasteiger partial charge is 0.134 e. The van der Waals surface area contributed by atoms with E-state index in [1.807, 2.05) is 43.4 Å². The third-order valence-electron chi connectivity index (χ3n) is 3.42. The van der Waals surface area contributed by atoms with Crippen LogP contribution in [0.15, 0.2) is 40.8 Å². The summed E-state index contributed by atoms with van der Waals surface area (Å²) in [5, 5.41) is 16.0. The van der Waals surface area contributed by atoms with E-state index in [9.17, 15) is 5.11 Å². The SMILES string of the molecule is CNCCCNCc1ccc(-c2ccc([C@@H](C)O)cc2)o1. The lowest BCUT2D eigenvalue weighted by Gasteiger charge is -2.05. The van der Waals surface area contributed by atoms with Gasteiger partial charge in [0.1, 0.15) is 11.5 Å². The maximum atomic E-state index is 9.51. The Morgan fingerprint density at radius 2 is 1.86 bits per heavy atom. The van der Waals surface area contributed by atoms with Crippen LogP contribution in [0, 0.1) is 0 Å². The van der Waals surface area contributed by atoms with E-state index in [2.05, 4.69) is 10.6 Å². The first-order valence-electron chi connectivity index (χ1n) is 7.43. The van der Waals surface area contributed by atoms with E-state index in [1.165, 1.54) is 0 Å². The monoisotopic (exact) mass is 288 g/mol. The molecule has 0 radical (unpaired) electrons. The van der Waals surface area contributed by atoms with Crippen molar-refractivity contribution >= 4 is 0 Å². The van der Waals surface area contributed by atoms with Crippen molar-refractivity contribution in [2.24, 2.45) is 0 Å². The fourth-order valence-electron chi connectivity index (χ4n) is 2.16. The molecule has 0 saturated carbocycles. The average molecular weight is 288 g/mol. The van der Waals surface area contributed by atoms with Crippen LogP contribution in [0.2, 0.25) is 0 Å². The summed E-state index contributed by atoms with van der Waals surface area (Å²) >= 11 is 0. The van der Waals surface area contributed by atoms with Crippen LogP contribution >= 0.6 is 0 Å². The quantitative estimate of drug-likeness (QED) is 0.654. The van der Waals surface area contributed by atoms with Crippen molar-refractivity contribution in [2.45, 2.75) is 26.0 Å². The first-order chi connectivity index (χ1) is 10.2. The number of aliphatic hydroxyl groups excluding tert-OH is 1. The van der Waals surface area contributed by atoms with Crippen LogP contribution in [0.1, 0.15) is 30.8 Å². The maximum absolute atomic E-state index is 9.51. The predicted octanol–water partition coefficient (Wildman–Crippen LogP) is 2.70. The van der Waals surface area contributed by atoms with Gasteiger partial charge < -0.3 is 20.2 Å². The molecule has 1 heterocycles. The topological polar surface area (TPSA) is 57.4 Å². The normalized spacial score (nSPS) is 12.5. The molecule has 21 heavy (non-hydrogen) atoms. The number of nitrogens with one attached hydrogen (secondary N) is 2. The van der Waals surface area contributed by atoms with E-state index >= 15 is 0 Å². The number of rotatable bonds is 8. The minimum atomic E-state index is -0.437. The largest absolute Gasteiger partial charge is 0.460 e. The van der Waals surface area contributed by atoms with Gasteiger partial charge in [0.2, 0.25) is 0 Å². The molecule has 0 aliphatic rings. The molecule has 3 N–H and O–H groups in total. The zero-order valence-corrected chi connectivity index (χ0v) is 12.7. The molecule has 0 bridgehead atoms. The lowest BCUT2D eigenvalue weighted by molar-refractivity contribution is 0.199. The molecule has 1 aromatic heterocycles. The van der Waals surface area contributed by atoms with E-state index in [0.29, 0.717) is 0 Å². The lowest BCUT2D eigenvalue weighted by atomic mass is 10.1. The van der Waals surface area contributed by atoms with Gasteiger partial charge in [0.15, 0.2) is 0 Å². The molecule has 1 atom stereocenters. The zero-order chi connectivity index (χ0) is 15.1. The van der Waals surface area contributed by atoms with Gasteiger partial charge in [-0.1, -0.05) is 24.3 Å². The average Bonchev–Trinajstić information content (AvgIpc) is 2.96. The molecule has 4 heteroatoms. The molecule has 0 saturated heterocycles. The molecular weight excluding hydrogens is 264 g/mol. The van der Waals surface area contributed by atoms with Crippen molar-refractivity contribution in [3.63, 3.8) is 0 Å². The number of hydrogen-bond donors (Lipinski definition) is 3.